The summed E-state index contributed by atoms with van der Waals surface area (Å²) in [6.45, 7) is 2.57. The monoisotopic (exact) mass is 485 g/mol. The number of hydrogen-bond acceptors (Lipinski definition) is 10. The highest BCUT2D eigenvalue weighted by Gasteiger charge is 2.17. The Balaban J connectivity index is 1.31. The van der Waals surface area contributed by atoms with Crippen molar-refractivity contribution < 1.29 is 19.1 Å². The van der Waals surface area contributed by atoms with Gasteiger partial charge in [0.25, 0.3) is 0 Å². The van der Waals surface area contributed by atoms with Gasteiger partial charge in [0.15, 0.2) is 0 Å². The van der Waals surface area contributed by atoms with Crippen molar-refractivity contribution in [2.75, 3.05) is 41.9 Å². The zero-order chi connectivity index (χ0) is 24.7. The van der Waals surface area contributed by atoms with E-state index in [4.69, 9.17) is 14.3 Å². The second-order valence-corrected chi connectivity index (χ2v) is 7.83. The van der Waals surface area contributed by atoms with Crippen molar-refractivity contribution in [2.45, 2.75) is 0 Å². The summed E-state index contributed by atoms with van der Waals surface area (Å²) in [7, 11) is 0. The van der Waals surface area contributed by atoms with Crippen LogP contribution in [0.2, 0.25) is 0 Å². The van der Waals surface area contributed by atoms with Gasteiger partial charge in [0.2, 0.25) is 17.8 Å². The molecule has 1 aliphatic rings. The molecule has 3 heterocycles. The largest absolute Gasteiger partial charge is 0.478 e. The molecule has 11 nitrogen and oxygen atoms in total. The molecular weight excluding hydrogens is 462 g/mol. The maximum absolute atomic E-state index is 11.0. The van der Waals surface area contributed by atoms with Crippen LogP contribution in [0, 0.1) is 0 Å². The summed E-state index contributed by atoms with van der Waals surface area (Å²) in [5.41, 5.74) is 4.68. The van der Waals surface area contributed by atoms with E-state index in [2.05, 4.69) is 30.8 Å². The first-order valence-electron chi connectivity index (χ1n) is 11.3. The number of furan rings is 1. The average Bonchev–Trinajstić information content (AvgIpc) is 3.39. The zero-order valence-electron chi connectivity index (χ0n) is 19.2. The first-order valence-corrected chi connectivity index (χ1v) is 11.3. The quantitative estimate of drug-likeness (QED) is 0.249. The number of aromatic carboxylic acids is 1. The van der Waals surface area contributed by atoms with Crippen LogP contribution in [-0.2, 0) is 4.74 Å². The van der Waals surface area contributed by atoms with Gasteiger partial charge in [-0.3, -0.25) is 0 Å². The van der Waals surface area contributed by atoms with Crippen molar-refractivity contribution in [2.24, 2.45) is 5.10 Å². The summed E-state index contributed by atoms with van der Waals surface area (Å²) in [6.07, 6.45) is 1.51. The molecule has 1 fully saturated rings. The molecule has 182 valence electrons. The predicted octanol–water partition coefficient (Wildman–Crippen LogP) is 3.86. The number of nitrogens with zero attached hydrogens (tertiary/aromatic N) is 5. The summed E-state index contributed by atoms with van der Waals surface area (Å²) in [5, 5.41) is 16.5. The van der Waals surface area contributed by atoms with Crippen LogP contribution in [0.4, 0.5) is 23.5 Å². The first-order chi connectivity index (χ1) is 17.6. The number of nitrogens with one attached hydrogen (secondary N) is 2. The molecule has 0 amide bonds. The number of rotatable bonds is 8. The molecule has 11 heteroatoms. The third kappa shape index (κ3) is 5.65. The number of benzene rings is 2. The second-order valence-electron chi connectivity index (χ2n) is 7.83. The number of carbonyl (C=O) groups is 1. The molecule has 0 aliphatic carbocycles. The highest BCUT2D eigenvalue weighted by molar-refractivity contribution is 5.88. The Morgan fingerprint density at radius 3 is 2.44 bits per heavy atom. The normalized spacial score (nSPS) is 13.6. The maximum atomic E-state index is 11.0. The van der Waals surface area contributed by atoms with E-state index >= 15 is 0 Å². The highest BCUT2D eigenvalue weighted by Crippen LogP contribution is 2.22. The SMILES string of the molecule is O=C(O)c1ccc(-c2ccc(/C=N\Nc3nc(Nc4ccccc4)nc(N4CCOCC4)n3)o2)cc1. The van der Waals surface area contributed by atoms with Crippen molar-refractivity contribution in [1.82, 2.24) is 15.0 Å². The molecule has 36 heavy (non-hydrogen) atoms. The average molecular weight is 486 g/mol. The number of anilines is 4. The number of para-hydroxylation sites is 1. The van der Waals surface area contributed by atoms with Crippen LogP contribution in [0.3, 0.4) is 0 Å². The van der Waals surface area contributed by atoms with Crippen molar-refractivity contribution >= 4 is 35.7 Å². The number of ether oxygens (including phenoxy) is 1. The number of carboxylic acids is 1. The topological polar surface area (TPSA) is 138 Å². The van der Waals surface area contributed by atoms with Crippen LogP contribution in [0.1, 0.15) is 16.1 Å². The Kier molecular flexibility index (Phi) is 6.81. The lowest BCUT2D eigenvalue weighted by atomic mass is 10.1. The number of hydrazone groups is 1. The Labute approximate surface area is 206 Å². The summed E-state index contributed by atoms with van der Waals surface area (Å²) in [6, 6.07) is 19.6. The summed E-state index contributed by atoms with van der Waals surface area (Å²) < 4.78 is 11.2. The van der Waals surface area contributed by atoms with E-state index in [-0.39, 0.29) is 11.5 Å². The Hall–Kier alpha value is -4.77. The third-order valence-corrected chi connectivity index (χ3v) is 5.35. The van der Waals surface area contributed by atoms with Gasteiger partial charge in [0, 0.05) is 24.3 Å². The van der Waals surface area contributed by atoms with Gasteiger partial charge in [-0.2, -0.15) is 20.1 Å². The first kappa shape index (κ1) is 23.0. The molecule has 1 aliphatic heterocycles. The molecule has 2 aromatic carbocycles. The van der Waals surface area contributed by atoms with Gasteiger partial charge < -0.3 is 24.5 Å². The van der Waals surface area contributed by atoms with Gasteiger partial charge in [-0.15, -0.1) is 0 Å². The van der Waals surface area contributed by atoms with Crippen molar-refractivity contribution in [3.8, 4) is 11.3 Å². The van der Waals surface area contributed by atoms with E-state index in [1.54, 1.807) is 24.3 Å². The Morgan fingerprint density at radius 1 is 0.944 bits per heavy atom. The molecule has 0 saturated carbocycles. The molecule has 4 aromatic rings. The molecular formula is C25H23N7O4. The fourth-order valence-electron chi connectivity index (χ4n) is 3.53. The lowest BCUT2D eigenvalue weighted by Crippen LogP contribution is -2.37. The molecule has 3 N–H and O–H groups in total. The number of carboxylic acid groups (broad SMARTS) is 1. The molecule has 0 spiro atoms. The Bertz CT molecular complexity index is 1350. The fourth-order valence-corrected chi connectivity index (χ4v) is 3.53. The number of aromatic nitrogens is 3. The predicted molar refractivity (Wildman–Crippen MR) is 135 cm³/mol. The molecule has 0 atom stereocenters. The minimum absolute atomic E-state index is 0.214. The van der Waals surface area contributed by atoms with Crippen molar-refractivity contribution in [3.63, 3.8) is 0 Å². The van der Waals surface area contributed by atoms with E-state index in [1.807, 2.05) is 35.2 Å². The van der Waals surface area contributed by atoms with E-state index in [0.29, 0.717) is 49.7 Å². The summed E-state index contributed by atoms with van der Waals surface area (Å²) in [5.74, 6) is 1.31. The van der Waals surface area contributed by atoms with Crippen LogP contribution in [0.5, 0.6) is 0 Å². The van der Waals surface area contributed by atoms with Crippen molar-refractivity contribution in [1.29, 1.82) is 0 Å². The van der Waals surface area contributed by atoms with Gasteiger partial charge in [0.1, 0.15) is 11.5 Å². The zero-order valence-corrected chi connectivity index (χ0v) is 19.2. The van der Waals surface area contributed by atoms with Crippen LogP contribution in [0.25, 0.3) is 11.3 Å². The van der Waals surface area contributed by atoms with E-state index < -0.39 is 5.97 Å². The lowest BCUT2D eigenvalue weighted by Gasteiger charge is -2.27. The van der Waals surface area contributed by atoms with Crippen LogP contribution >= 0.6 is 0 Å². The highest BCUT2D eigenvalue weighted by atomic mass is 16.5. The van der Waals surface area contributed by atoms with Gasteiger partial charge >= 0.3 is 5.97 Å². The third-order valence-electron chi connectivity index (χ3n) is 5.35. The standard InChI is InChI=1S/C25H23N7O4/c33-22(34)18-8-6-17(7-9-18)21-11-10-20(36-21)16-26-31-24-28-23(27-19-4-2-1-3-5-19)29-25(30-24)32-12-14-35-15-13-32/h1-11,16H,12-15H2,(H,33,34)(H2,27,28,29,30,31)/b26-16-. The van der Waals surface area contributed by atoms with Crippen LogP contribution in [0.15, 0.2) is 76.2 Å². The van der Waals surface area contributed by atoms with E-state index in [0.717, 1.165) is 11.3 Å². The number of hydrogen-bond donors (Lipinski definition) is 3. The minimum atomic E-state index is -0.975. The van der Waals surface area contributed by atoms with E-state index in [1.165, 1.54) is 18.3 Å². The summed E-state index contributed by atoms with van der Waals surface area (Å²) in [4.78, 5) is 26.6. The molecule has 2 aromatic heterocycles. The van der Waals surface area contributed by atoms with Gasteiger partial charge in [-0.05, 0) is 36.4 Å². The van der Waals surface area contributed by atoms with Crippen LogP contribution in [-0.4, -0.2) is 58.5 Å². The minimum Gasteiger partial charge on any atom is -0.478 e. The van der Waals surface area contributed by atoms with Gasteiger partial charge in [0.05, 0.1) is 25.0 Å². The fraction of sp³-hybridized carbons (Fsp3) is 0.160. The molecule has 5 rings (SSSR count). The molecule has 0 bridgehead atoms. The second kappa shape index (κ2) is 10.7. The smallest absolute Gasteiger partial charge is 0.335 e. The van der Waals surface area contributed by atoms with Gasteiger partial charge in [-0.25, -0.2) is 10.2 Å². The van der Waals surface area contributed by atoms with E-state index in [9.17, 15) is 4.79 Å². The molecule has 1 saturated heterocycles. The lowest BCUT2D eigenvalue weighted by molar-refractivity contribution is 0.0697. The Morgan fingerprint density at radius 2 is 1.69 bits per heavy atom. The van der Waals surface area contributed by atoms with Crippen molar-refractivity contribution in [3.05, 3.63) is 78.1 Å². The molecule has 0 unspecified atom stereocenters. The van der Waals surface area contributed by atoms with Crippen LogP contribution < -0.4 is 15.6 Å². The summed E-state index contributed by atoms with van der Waals surface area (Å²) >= 11 is 0. The maximum Gasteiger partial charge on any atom is 0.335 e. The molecule has 0 radical (unpaired) electrons. The number of morpholine rings is 1. The van der Waals surface area contributed by atoms with Gasteiger partial charge in [-0.1, -0.05) is 30.3 Å².